The van der Waals surface area contributed by atoms with Gasteiger partial charge in [-0.3, -0.25) is 19.2 Å². The molecule has 2 fully saturated rings. The lowest BCUT2D eigenvalue weighted by atomic mass is 9.81. The summed E-state index contributed by atoms with van der Waals surface area (Å²) in [5.41, 5.74) is 0.158. The van der Waals surface area contributed by atoms with E-state index in [2.05, 4.69) is 31.9 Å². The van der Waals surface area contributed by atoms with Crippen molar-refractivity contribution < 1.29 is 28.7 Å². The fraction of sp³-hybridized carbons (Fsp3) is 0.250. The molecule has 3 aromatic rings. The Morgan fingerprint density at radius 1 is 0.951 bits per heavy atom. The maximum atomic E-state index is 13.8. The molecule has 2 heterocycles. The van der Waals surface area contributed by atoms with Gasteiger partial charge in [0.2, 0.25) is 0 Å². The maximum absolute atomic E-state index is 13.8. The van der Waals surface area contributed by atoms with Crippen molar-refractivity contribution in [2.45, 2.75) is 22.5 Å². The van der Waals surface area contributed by atoms with Gasteiger partial charge in [-0.1, -0.05) is 61.1 Å². The molecule has 1 aromatic heterocycles. The standard InChI is InChI=1S/C28H20Br2Cl2N2O6S/c29-20-11-18-19(12-21(20)30)27(38)34(26(18)37)33(25(36)17-8-5-15(31)10-22(17)32)13-23(35)14-3-6-16(7-4-14)40-28(39)24-2-1-9-41-24/h1-10,18-21H,11-13H2/t18-,19-,20+,21+/m1/s1. The Labute approximate surface area is 265 Å². The number of alkyl halides is 2. The lowest BCUT2D eigenvalue weighted by Gasteiger charge is -2.30. The highest BCUT2D eigenvalue weighted by atomic mass is 79.9. The number of Topliss-reactive ketones (excluding diaryl/α,β-unsaturated/α-hetero) is 1. The van der Waals surface area contributed by atoms with Crippen molar-refractivity contribution in [1.29, 1.82) is 0 Å². The van der Waals surface area contributed by atoms with Crippen molar-refractivity contribution in [1.82, 2.24) is 10.0 Å². The first-order valence-corrected chi connectivity index (χ1v) is 15.8. The van der Waals surface area contributed by atoms with Crippen molar-refractivity contribution in [3.05, 3.63) is 86.0 Å². The summed E-state index contributed by atoms with van der Waals surface area (Å²) >= 11 is 20.6. The summed E-state index contributed by atoms with van der Waals surface area (Å²) in [6, 6.07) is 13.3. The third-order valence-corrected chi connectivity index (χ3v) is 11.1. The largest absolute Gasteiger partial charge is 0.422 e. The summed E-state index contributed by atoms with van der Waals surface area (Å²) in [5, 5.41) is 3.71. The van der Waals surface area contributed by atoms with Crippen molar-refractivity contribution in [3.63, 3.8) is 0 Å². The molecule has 13 heteroatoms. The van der Waals surface area contributed by atoms with E-state index in [1.54, 1.807) is 17.5 Å². The van der Waals surface area contributed by atoms with Gasteiger partial charge >= 0.3 is 5.97 Å². The van der Waals surface area contributed by atoms with E-state index in [1.165, 1.54) is 53.8 Å². The third-order valence-electron chi connectivity index (χ3n) is 6.93. The average molecular weight is 743 g/mol. The van der Waals surface area contributed by atoms with Crippen LogP contribution in [0, 0.1) is 11.8 Å². The molecule has 0 radical (unpaired) electrons. The summed E-state index contributed by atoms with van der Waals surface area (Å²) in [5.74, 6) is -4.02. The number of hydrogen-bond acceptors (Lipinski definition) is 7. The maximum Gasteiger partial charge on any atom is 0.353 e. The number of ether oxygens (including phenoxy) is 1. The Morgan fingerprint density at radius 3 is 2.15 bits per heavy atom. The monoisotopic (exact) mass is 740 g/mol. The molecule has 1 saturated heterocycles. The van der Waals surface area contributed by atoms with Gasteiger partial charge in [0.1, 0.15) is 17.2 Å². The topological polar surface area (TPSA) is 101 Å². The van der Waals surface area contributed by atoms with Gasteiger partial charge in [0.25, 0.3) is 17.7 Å². The number of benzene rings is 2. The van der Waals surface area contributed by atoms with Crippen molar-refractivity contribution in [2.24, 2.45) is 11.8 Å². The van der Waals surface area contributed by atoms with Crippen LogP contribution < -0.4 is 4.74 Å². The van der Waals surface area contributed by atoms with Crippen LogP contribution in [0.4, 0.5) is 0 Å². The number of imide groups is 1. The van der Waals surface area contributed by atoms with E-state index in [-0.39, 0.29) is 31.6 Å². The summed E-state index contributed by atoms with van der Waals surface area (Å²) in [6.45, 7) is -0.613. The molecular weight excluding hydrogens is 723 g/mol. The van der Waals surface area contributed by atoms with Crippen molar-refractivity contribution >= 4 is 95.9 Å². The van der Waals surface area contributed by atoms with Crippen molar-refractivity contribution in [2.75, 3.05) is 6.54 Å². The predicted molar refractivity (Wildman–Crippen MR) is 161 cm³/mol. The fourth-order valence-electron chi connectivity index (χ4n) is 4.84. The van der Waals surface area contributed by atoms with E-state index in [9.17, 15) is 24.0 Å². The van der Waals surface area contributed by atoms with E-state index in [4.69, 9.17) is 27.9 Å². The number of carbonyl (C=O) groups is 5. The molecule has 5 rings (SSSR count). The molecule has 212 valence electrons. The number of esters is 1. The normalized spacial score (nSPS) is 21.9. The summed E-state index contributed by atoms with van der Waals surface area (Å²) in [7, 11) is 0. The van der Waals surface area contributed by atoms with Crippen LogP contribution in [0.25, 0.3) is 0 Å². The third kappa shape index (κ3) is 6.15. The predicted octanol–water partition coefficient (Wildman–Crippen LogP) is 6.44. The SMILES string of the molecule is O=C(CN(C(=O)c1ccc(Cl)cc1Cl)N1C(=O)[C@@H]2C[C@H](Br)[C@@H](Br)C[C@H]2C1=O)c1ccc(OC(=O)c2cccs2)cc1. The molecule has 4 atom stereocenters. The number of rotatable bonds is 7. The Bertz CT molecular complexity index is 1510. The van der Waals surface area contributed by atoms with E-state index < -0.39 is 47.9 Å². The molecule has 2 aromatic carbocycles. The van der Waals surface area contributed by atoms with Gasteiger partial charge in [0.05, 0.1) is 22.4 Å². The number of carbonyl (C=O) groups excluding carboxylic acids is 5. The highest BCUT2D eigenvalue weighted by Crippen LogP contribution is 2.44. The Kier molecular flexibility index (Phi) is 9.01. The highest BCUT2D eigenvalue weighted by molar-refractivity contribution is 9.12. The van der Waals surface area contributed by atoms with Gasteiger partial charge in [-0.25, -0.2) is 9.80 Å². The molecule has 1 saturated carbocycles. The molecule has 0 bridgehead atoms. The molecule has 8 nitrogen and oxygen atoms in total. The second kappa shape index (κ2) is 12.3. The van der Waals surface area contributed by atoms with Gasteiger partial charge in [0, 0.05) is 20.2 Å². The van der Waals surface area contributed by atoms with E-state index in [1.807, 2.05) is 0 Å². The first-order chi connectivity index (χ1) is 19.5. The number of ketones is 1. The number of nitrogens with zero attached hydrogens (tertiary/aromatic N) is 2. The number of hydrogen-bond donors (Lipinski definition) is 0. The second-order valence-electron chi connectivity index (χ2n) is 9.51. The van der Waals surface area contributed by atoms with Gasteiger partial charge in [-0.2, -0.15) is 5.01 Å². The molecule has 41 heavy (non-hydrogen) atoms. The summed E-state index contributed by atoms with van der Waals surface area (Å²) in [4.78, 5) is 66.9. The van der Waals surface area contributed by atoms with Gasteiger partial charge < -0.3 is 4.74 Å². The summed E-state index contributed by atoms with van der Waals surface area (Å²) < 4.78 is 5.34. The van der Waals surface area contributed by atoms with Crippen LogP contribution in [0.15, 0.2) is 60.0 Å². The second-order valence-corrected chi connectivity index (χ2v) is 13.6. The minimum Gasteiger partial charge on any atom is -0.422 e. The number of halogens is 4. The van der Waals surface area contributed by atoms with E-state index in [0.717, 1.165) is 10.0 Å². The quantitative estimate of drug-likeness (QED) is 0.0909. The molecular formula is C28H20Br2Cl2N2O6S. The lowest BCUT2D eigenvalue weighted by Crippen LogP contribution is -2.52. The number of amides is 3. The minimum absolute atomic E-state index is 0.00872. The zero-order valence-electron chi connectivity index (χ0n) is 21.0. The van der Waals surface area contributed by atoms with E-state index in [0.29, 0.717) is 22.7 Å². The lowest BCUT2D eigenvalue weighted by molar-refractivity contribution is -0.154. The number of hydrazine groups is 1. The van der Waals surface area contributed by atoms with Crippen LogP contribution in [-0.2, 0) is 9.59 Å². The molecule has 2 aliphatic rings. The first-order valence-electron chi connectivity index (χ1n) is 12.4. The Morgan fingerprint density at radius 2 is 1.59 bits per heavy atom. The highest BCUT2D eigenvalue weighted by Gasteiger charge is 2.54. The van der Waals surface area contributed by atoms with Crippen LogP contribution in [0.5, 0.6) is 5.75 Å². The average Bonchev–Trinajstić information content (AvgIpc) is 3.56. The smallest absolute Gasteiger partial charge is 0.353 e. The minimum atomic E-state index is -0.798. The zero-order valence-corrected chi connectivity index (χ0v) is 26.5. The van der Waals surface area contributed by atoms with Crippen LogP contribution in [0.2, 0.25) is 10.0 Å². The van der Waals surface area contributed by atoms with Crippen LogP contribution in [-0.4, -0.2) is 55.7 Å². The van der Waals surface area contributed by atoms with Crippen LogP contribution >= 0.6 is 66.4 Å². The molecule has 1 aliphatic carbocycles. The fourth-order valence-corrected chi connectivity index (χ4v) is 7.16. The Balaban J connectivity index is 1.42. The van der Waals surface area contributed by atoms with Crippen LogP contribution in [0.3, 0.4) is 0 Å². The van der Waals surface area contributed by atoms with Gasteiger partial charge in [-0.05, 0) is 66.8 Å². The molecule has 0 N–H and O–H groups in total. The van der Waals surface area contributed by atoms with E-state index >= 15 is 0 Å². The Hall–Kier alpha value is -2.57. The molecule has 1 aliphatic heterocycles. The van der Waals surface area contributed by atoms with Gasteiger partial charge in [0.15, 0.2) is 5.78 Å². The number of fused-ring (bicyclic) bond motifs is 1. The zero-order chi connectivity index (χ0) is 29.4. The molecule has 0 spiro atoms. The number of thiophene rings is 1. The summed E-state index contributed by atoms with van der Waals surface area (Å²) in [6.07, 6.45) is 0.788. The molecule has 0 unspecified atom stereocenters. The first kappa shape index (κ1) is 29.9. The van der Waals surface area contributed by atoms with Crippen molar-refractivity contribution in [3.8, 4) is 5.75 Å². The van der Waals surface area contributed by atoms with Crippen LogP contribution in [0.1, 0.15) is 43.2 Å². The van der Waals surface area contributed by atoms with Gasteiger partial charge in [-0.15, -0.1) is 11.3 Å². The molecule has 3 amide bonds.